The molecule has 0 rings (SSSR count). The van der Waals surface area contributed by atoms with Gasteiger partial charge in [-0.15, -0.1) is 0 Å². The first kappa shape index (κ1) is 16.2. The Bertz CT molecular complexity index is 285. The first-order chi connectivity index (χ1) is 5.33. The van der Waals surface area contributed by atoms with E-state index < -0.39 is 21.8 Å². The number of amides is 1. The summed E-state index contributed by atoms with van der Waals surface area (Å²) in [6.07, 6.45) is 0. The monoisotopic (exact) mass is 231 g/mol. The summed E-state index contributed by atoms with van der Waals surface area (Å²) < 4.78 is 30.2. The van der Waals surface area contributed by atoms with Gasteiger partial charge in [0, 0.05) is 12.1 Å². The molecule has 0 aromatic heterocycles. The fraction of sp³-hybridized carbons (Fsp3) is 0.500. The third-order valence-corrected chi connectivity index (χ3v) is 1.73. The Kier molecular flexibility index (Phi) is 8.85. The largest absolute Gasteiger partial charge is 1.00 e. The summed E-state index contributed by atoms with van der Waals surface area (Å²) in [6.45, 7) is 4.65. The van der Waals surface area contributed by atoms with E-state index in [0.29, 0.717) is 0 Å². The number of hydrogen-bond acceptors (Lipinski definition) is 4. The molecule has 0 aromatic carbocycles. The van der Waals surface area contributed by atoms with Crippen molar-refractivity contribution in [3.63, 3.8) is 0 Å². The van der Waals surface area contributed by atoms with Crippen LogP contribution >= 0.6 is 0 Å². The number of hydrogen-bond donors (Lipinski definition) is 1. The van der Waals surface area contributed by atoms with Crippen LogP contribution in [0.1, 0.15) is 6.92 Å². The van der Waals surface area contributed by atoms with E-state index in [-0.39, 0.29) is 63.5 Å². The van der Waals surface area contributed by atoms with Crippen LogP contribution in [0.15, 0.2) is 12.2 Å². The minimum atomic E-state index is -4.24. The molecular weight excluding hydrogens is 221 g/mol. The number of carbonyl (C=O) groups is 1. The Morgan fingerprint density at radius 1 is 1.54 bits per heavy atom. The van der Waals surface area contributed by atoms with Gasteiger partial charge in [-0.05, 0) is 6.92 Å². The third-order valence-electron chi connectivity index (χ3n) is 1.03. The van der Waals surface area contributed by atoms with Gasteiger partial charge in [-0.2, -0.15) is 0 Å². The summed E-state index contributed by atoms with van der Waals surface area (Å²) in [4.78, 5) is 10.7. The fourth-order valence-electron chi connectivity index (χ4n) is 0.440. The molecule has 0 saturated heterocycles. The van der Waals surface area contributed by atoms with E-state index in [0.717, 1.165) is 0 Å². The van der Waals surface area contributed by atoms with Crippen molar-refractivity contribution in [2.75, 3.05) is 12.3 Å². The smallest absolute Gasteiger partial charge is 0.748 e. The average molecular weight is 231 g/mol. The van der Waals surface area contributed by atoms with Crippen molar-refractivity contribution < 1.29 is 69.1 Å². The first-order valence-corrected chi connectivity index (χ1v) is 4.78. The summed E-state index contributed by atoms with van der Waals surface area (Å²) in [6, 6.07) is 0. The summed E-state index contributed by atoms with van der Waals surface area (Å²) >= 11 is 0. The van der Waals surface area contributed by atoms with E-state index in [1.807, 2.05) is 0 Å². The molecule has 0 aliphatic heterocycles. The average Bonchev–Trinajstić information content (AvgIpc) is 1.84. The molecule has 0 atom stereocenters. The molecule has 0 aliphatic carbocycles. The van der Waals surface area contributed by atoms with Crippen LogP contribution < -0.4 is 56.7 Å². The minimum absolute atomic E-state index is 0. The maximum absolute atomic E-state index is 10.7. The van der Waals surface area contributed by atoms with Crippen LogP contribution in [-0.2, 0) is 14.9 Å². The molecule has 7 heteroatoms. The molecule has 0 heterocycles. The standard InChI is InChI=1S/C6H11NO4S.K/c1-5(2)6(8)7-3-4-12(9,10)11;/h1,3-4H2,2H3,(H,7,8)(H,9,10,11);/q;+1/p-1. The van der Waals surface area contributed by atoms with E-state index >= 15 is 0 Å². The van der Waals surface area contributed by atoms with Crippen molar-refractivity contribution in [2.24, 2.45) is 0 Å². The van der Waals surface area contributed by atoms with Crippen LogP contribution in [0.2, 0.25) is 0 Å². The molecule has 0 bridgehead atoms. The minimum Gasteiger partial charge on any atom is -0.748 e. The van der Waals surface area contributed by atoms with Crippen LogP contribution in [0.5, 0.6) is 0 Å². The van der Waals surface area contributed by atoms with Gasteiger partial charge in [0.2, 0.25) is 5.91 Å². The normalized spacial score (nSPS) is 10.0. The van der Waals surface area contributed by atoms with E-state index in [2.05, 4.69) is 11.9 Å². The van der Waals surface area contributed by atoms with Crippen molar-refractivity contribution in [3.05, 3.63) is 12.2 Å². The number of nitrogens with one attached hydrogen (secondary N) is 1. The van der Waals surface area contributed by atoms with Gasteiger partial charge < -0.3 is 9.87 Å². The van der Waals surface area contributed by atoms with Crippen LogP contribution in [-0.4, -0.2) is 31.2 Å². The predicted octanol–water partition coefficient (Wildman–Crippen LogP) is -3.77. The summed E-state index contributed by atoms with van der Waals surface area (Å²) in [5.74, 6) is -1.04. The van der Waals surface area contributed by atoms with Crippen molar-refractivity contribution in [1.82, 2.24) is 5.32 Å². The molecular formula is C6H10KNO4S. The molecule has 0 saturated carbocycles. The molecule has 0 aromatic rings. The van der Waals surface area contributed by atoms with Gasteiger partial charge in [-0.3, -0.25) is 4.79 Å². The Hall–Kier alpha value is 0.756. The molecule has 0 fully saturated rings. The maximum Gasteiger partial charge on any atom is 1.00 e. The van der Waals surface area contributed by atoms with Gasteiger partial charge >= 0.3 is 51.4 Å². The van der Waals surface area contributed by atoms with E-state index in [4.69, 9.17) is 0 Å². The van der Waals surface area contributed by atoms with Crippen LogP contribution in [0.4, 0.5) is 0 Å². The zero-order chi connectivity index (χ0) is 9.78. The second-order valence-corrected chi connectivity index (χ2v) is 3.82. The van der Waals surface area contributed by atoms with E-state index in [9.17, 15) is 17.8 Å². The van der Waals surface area contributed by atoms with Gasteiger partial charge in [0.25, 0.3) is 0 Å². The molecule has 0 unspecified atom stereocenters. The maximum atomic E-state index is 10.7. The van der Waals surface area contributed by atoms with Gasteiger partial charge in [0.05, 0.1) is 15.9 Å². The molecule has 0 aliphatic rings. The quantitative estimate of drug-likeness (QED) is 0.306. The Labute approximate surface area is 120 Å². The summed E-state index contributed by atoms with van der Waals surface area (Å²) in [7, 11) is -4.24. The summed E-state index contributed by atoms with van der Waals surface area (Å²) in [5.41, 5.74) is 0.276. The Balaban J connectivity index is 0. The van der Waals surface area contributed by atoms with Crippen molar-refractivity contribution in [1.29, 1.82) is 0 Å². The third kappa shape index (κ3) is 10.7. The number of carbonyl (C=O) groups excluding carboxylic acids is 1. The molecule has 5 nitrogen and oxygen atoms in total. The fourth-order valence-corrected chi connectivity index (χ4v) is 0.793. The van der Waals surface area contributed by atoms with Gasteiger partial charge in [-0.1, -0.05) is 6.58 Å². The molecule has 1 amide bonds. The molecule has 13 heavy (non-hydrogen) atoms. The predicted molar refractivity (Wildman–Crippen MR) is 42.4 cm³/mol. The summed E-state index contributed by atoms with van der Waals surface area (Å²) in [5, 5.41) is 2.22. The number of rotatable bonds is 4. The Morgan fingerprint density at radius 2 is 2.00 bits per heavy atom. The molecule has 70 valence electrons. The SMILES string of the molecule is C=C(C)C(=O)NCCS(=O)(=O)[O-].[K+]. The van der Waals surface area contributed by atoms with Crippen LogP contribution in [0, 0.1) is 0 Å². The van der Waals surface area contributed by atoms with Crippen molar-refractivity contribution >= 4 is 16.0 Å². The second kappa shape index (κ2) is 7.10. The van der Waals surface area contributed by atoms with Gasteiger partial charge in [-0.25, -0.2) is 8.42 Å². The van der Waals surface area contributed by atoms with E-state index in [1.165, 1.54) is 6.92 Å². The zero-order valence-corrected chi connectivity index (χ0v) is 11.6. The van der Waals surface area contributed by atoms with Crippen LogP contribution in [0.3, 0.4) is 0 Å². The molecule has 1 N–H and O–H groups in total. The molecule has 0 spiro atoms. The zero-order valence-electron chi connectivity index (χ0n) is 7.66. The van der Waals surface area contributed by atoms with Crippen LogP contribution in [0.25, 0.3) is 0 Å². The van der Waals surface area contributed by atoms with E-state index in [1.54, 1.807) is 0 Å². The molecule has 0 radical (unpaired) electrons. The topological polar surface area (TPSA) is 86.3 Å². The Morgan fingerprint density at radius 3 is 2.31 bits per heavy atom. The second-order valence-electron chi connectivity index (χ2n) is 2.30. The first-order valence-electron chi connectivity index (χ1n) is 3.20. The van der Waals surface area contributed by atoms with Crippen molar-refractivity contribution in [2.45, 2.75) is 6.92 Å². The van der Waals surface area contributed by atoms with Crippen molar-refractivity contribution in [3.8, 4) is 0 Å². The van der Waals surface area contributed by atoms with Gasteiger partial charge in [0.15, 0.2) is 0 Å². The van der Waals surface area contributed by atoms with Gasteiger partial charge in [0.1, 0.15) is 0 Å².